The zero-order chi connectivity index (χ0) is 12.5. The number of aryl methyl sites for hydroxylation is 1. The van der Waals surface area contributed by atoms with E-state index in [1.807, 2.05) is 0 Å². The highest BCUT2D eigenvalue weighted by atomic mass is 31.1. The SMILES string of the molecule is Cc1cc(P(C)C)cc(C(C)C)c1C(C)C. The smallest absolute Gasteiger partial charge is 0.0213 e. The van der Waals surface area contributed by atoms with E-state index in [4.69, 9.17) is 0 Å². The van der Waals surface area contributed by atoms with Crippen molar-refractivity contribution >= 4 is 13.2 Å². The van der Waals surface area contributed by atoms with Gasteiger partial charge < -0.3 is 0 Å². The quantitative estimate of drug-likeness (QED) is 0.672. The van der Waals surface area contributed by atoms with Crippen molar-refractivity contribution in [3.05, 3.63) is 28.8 Å². The number of benzene rings is 1. The average Bonchev–Trinajstić information content (AvgIpc) is 2.15. The Labute approximate surface area is 102 Å². The van der Waals surface area contributed by atoms with E-state index in [1.165, 1.54) is 5.56 Å². The van der Waals surface area contributed by atoms with Gasteiger partial charge in [0, 0.05) is 0 Å². The molecule has 1 aromatic rings. The van der Waals surface area contributed by atoms with E-state index in [-0.39, 0.29) is 7.92 Å². The first-order chi connectivity index (χ1) is 7.34. The molecule has 0 saturated carbocycles. The Balaban J connectivity index is 3.39. The lowest BCUT2D eigenvalue weighted by atomic mass is 9.87. The number of rotatable bonds is 3. The standard InChI is InChI=1S/C15H25P/c1-10(2)14-9-13(16(6)7)8-12(5)15(14)11(3)4/h8-11H,1-7H3. The van der Waals surface area contributed by atoms with Crippen LogP contribution in [0.15, 0.2) is 12.1 Å². The highest BCUT2D eigenvalue weighted by Gasteiger charge is 2.14. The van der Waals surface area contributed by atoms with Crippen LogP contribution in [0.2, 0.25) is 0 Å². The van der Waals surface area contributed by atoms with E-state index in [0.29, 0.717) is 11.8 Å². The molecule has 0 aromatic heterocycles. The van der Waals surface area contributed by atoms with Crippen molar-refractivity contribution in [2.24, 2.45) is 0 Å². The van der Waals surface area contributed by atoms with Gasteiger partial charge in [0.05, 0.1) is 0 Å². The fourth-order valence-electron chi connectivity index (χ4n) is 2.33. The first-order valence-corrected chi connectivity index (χ1v) is 8.40. The Morgan fingerprint density at radius 2 is 1.50 bits per heavy atom. The molecule has 0 spiro atoms. The zero-order valence-corrected chi connectivity index (χ0v) is 12.7. The summed E-state index contributed by atoms with van der Waals surface area (Å²) in [5.41, 5.74) is 4.60. The zero-order valence-electron chi connectivity index (χ0n) is 11.8. The number of hydrogen-bond acceptors (Lipinski definition) is 0. The Hall–Kier alpha value is -0.350. The summed E-state index contributed by atoms with van der Waals surface area (Å²) in [7, 11) is 0.0156. The van der Waals surface area contributed by atoms with Crippen LogP contribution in [0.25, 0.3) is 0 Å². The molecule has 0 aliphatic heterocycles. The Morgan fingerprint density at radius 1 is 0.938 bits per heavy atom. The largest absolute Gasteiger partial charge is 0.0817 e. The minimum absolute atomic E-state index is 0.0156. The van der Waals surface area contributed by atoms with Crippen LogP contribution in [-0.2, 0) is 0 Å². The van der Waals surface area contributed by atoms with Gasteiger partial charge in [-0.25, -0.2) is 0 Å². The van der Waals surface area contributed by atoms with Gasteiger partial charge in [-0.1, -0.05) is 47.7 Å². The summed E-state index contributed by atoms with van der Waals surface area (Å²) in [6.07, 6.45) is 0. The molecule has 0 amide bonds. The summed E-state index contributed by atoms with van der Waals surface area (Å²) in [4.78, 5) is 0. The summed E-state index contributed by atoms with van der Waals surface area (Å²) in [6, 6.07) is 4.84. The van der Waals surface area contributed by atoms with Crippen molar-refractivity contribution in [1.82, 2.24) is 0 Å². The molecule has 0 N–H and O–H groups in total. The maximum absolute atomic E-state index is 2.44. The second-order valence-corrected chi connectivity index (χ2v) is 7.77. The van der Waals surface area contributed by atoms with Crippen LogP contribution in [0.1, 0.15) is 56.2 Å². The normalized spacial score (nSPS) is 11.9. The van der Waals surface area contributed by atoms with Crippen molar-refractivity contribution in [3.63, 3.8) is 0 Å². The molecule has 1 rings (SSSR count). The molecule has 0 heterocycles. The Kier molecular flexibility index (Phi) is 4.56. The summed E-state index contributed by atoms with van der Waals surface area (Å²) in [5.74, 6) is 1.26. The highest BCUT2D eigenvalue weighted by Crippen LogP contribution is 2.32. The monoisotopic (exact) mass is 236 g/mol. The summed E-state index contributed by atoms with van der Waals surface area (Å²) < 4.78 is 0. The van der Waals surface area contributed by atoms with E-state index in [2.05, 4.69) is 60.1 Å². The highest BCUT2D eigenvalue weighted by molar-refractivity contribution is 7.64. The van der Waals surface area contributed by atoms with Gasteiger partial charge in [0.15, 0.2) is 0 Å². The van der Waals surface area contributed by atoms with Crippen molar-refractivity contribution in [3.8, 4) is 0 Å². The molecule has 90 valence electrons. The predicted molar refractivity (Wildman–Crippen MR) is 77.8 cm³/mol. The average molecular weight is 236 g/mol. The maximum Gasteiger partial charge on any atom is -0.0213 e. The van der Waals surface area contributed by atoms with Crippen molar-refractivity contribution in [2.75, 3.05) is 13.3 Å². The first-order valence-electron chi connectivity index (χ1n) is 6.16. The van der Waals surface area contributed by atoms with Gasteiger partial charge in [-0.3, -0.25) is 0 Å². The van der Waals surface area contributed by atoms with Crippen LogP contribution in [0.4, 0.5) is 0 Å². The van der Waals surface area contributed by atoms with E-state index in [9.17, 15) is 0 Å². The summed E-state index contributed by atoms with van der Waals surface area (Å²) >= 11 is 0. The van der Waals surface area contributed by atoms with Crippen LogP contribution in [0.3, 0.4) is 0 Å². The molecule has 16 heavy (non-hydrogen) atoms. The molecular formula is C15H25P. The molecule has 0 saturated heterocycles. The van der Waals surface area contributed by atoms with Gasteiger partial charge in [0.1, 0.15) is 0 Å². The van der Waals surface area contributed by atoms with Gasteiger partial charge in [-0.05, 0) is 54.1 Å². The second-order valence-electron chi connectivity index (χ2n) is 5.47. The first kappa shape index (κ1) is 13.7. The summed E-state index contributed by atoms with van der Waals surface area (Å²) in [5, 5.41) is 1.54. The second kappa shape index (κ2) is 5.32. The minimum atomic E-state index is 0.0156. The molecule has 1 heteroatoms. The fourth-order valence-corrected chi connectivity index (χ4v) is 3.18. The van der Waals surface area contributed by atoms with Crippen molar-refractivity contribution in [2.45, 2.75) is 46.5 Å². The molecule has 0 bridgehead atoms. The molecule has 0 nitrogen and oxygen atoms in total. The lowest BCUT2D eigenvalue weighted by molar-refractivity contribution is 0.784. The summed E-state index contributed by atoms with van der Waals surface area (Å²) in [6.45, 7) is 16.1. The molecule has 0 unspecified atom stereocenters. The maximum atomic E-state index is 2.44. The molecule has 0 atom stereocenters. The van der Waals surface area contributed by atoms with Crippen LogP contribution in [-0.4, -0.2) is 13.3 Å². The third-order valence-electron chi connectivity index (χ3n) is 3.12. The van der Waals surface area contributed by atoms with Crippen LogP contribution >= 0.6 is 7.92 Å². The van der Waals surface area contributed by atoms with E-state index in [0.717, 1.165) is 0 Å². The third kappa shape index (κ3) is 2.86. The van der Waals surface area contributed by atoms with Crippen molar-refractivity contribution in [1.29, 1.82) is 0 Å². The van der Waals surface area contributed by atoms with Crippen LogP contribution in [0.5, 0.6) is 0 Å². The molecule has 0 aliphatic rings. The molecule has 1 aromatic carbocycles. The number of hydrogen-bond donors (Lipinski definition) is 0. The predicted octanol–water partition coefficient (Wildman–Crippen LogP) is 4.61. The molecule has 0 fully saturated rings. The lowest BCUT2D eigenvalue weighted by Gasteiger charge is -2.21. The van der Waals surface area contributed by atoms with E-state index >= 15 is 0 Å². The fraction of sp³-hybridized carbons (Fsp3) is 0.600. The van der Waals surface area contributed by atoms with Gasteiger partial charge >= 0.3 is 0 Å². The molecule has 0 radical (unpaired) electrons. The van der Waals surface area contributed by atoms with E-state index < -0.39 is 0 Å². The van der Waals surface area contributed by atoms with Crippen LogP contribution in [0, 0.1) is 6.92 Å². The minimum Gasteiger partial charge on any atom is -0.0817 e. The lowest BCUT2D eigenvalue weighted by Crippen LogP contribution is -2.09. The van der Waals surface area contributed by atoms with Gasteiger partial charge in [-0.15, -0.1) is 0 Å². The Bertz CT molecular complexity index is 362. The van der Waals surface area contributed by atoms with Gasteiger partial charge in [0.2, 0.25) is 0 Å². The van der Waals surface area contributed by atoms with Crippen molar-refractivity contribution < 1.29 is 0 Å². The topological polar surface area (TPSA) is 0 Å². The van der Waals surface area contributed by atoms with Gasteiger partial charge in [-0.2, -0.15) is 0 Å². The van der Waals surface area contributed by atoms with E-state index in [1.54, 1.807) is 16.4 Å². The third-order valence-corrected chi connectivity index (χ3v) is 4.41. The molecular weight excluding hydrogens is 211 g/mol. The van der Waals surface area contributed by atoms with Crippen LogP contribution < -0.4 is 5.30 Å². The van der Waals surface area contributed by atoms with Gasteiger partial charge in [0.25, 0.3) is 0 Å². The molecule has 0 aliphatic carbocycles. The Morgan fingerprint density at radius 3 is 1.88 bits per heavy atom.